The Morgan fingerprint density at radius 3 is 2.35 bits per heavy atom. The molecular weight excluding hydrogens is 1060 g/mol. The minimum Gasteiger partial charge on any atom is -0.508 e. The molecule has 82 heavy (non-hydrogen) atoms. The summed E-state index contributed by atoms with van der Waals surface area (Å²) in [6, 6.07) is 19.0. The highest BCUT2D eigenvalue weighted by atomic mass is 32.1. The number of rotatable bonds is 16. The normalized spacial score (nSPS) is 22.6. The van der Waals surface area contributed by atoms with Gasteiger partial charge in [0.25, 0.3) is 0 Å². The number of halogens is 1. The number of aromatic nitrogens is 5. The average Bonchev–Trinajstić information content (AvgIpc) is 4.42. The second-order valence-electron chi connectivity index (χ2n) is 24.8. The Morgan fingerprint density at radius 2 is 1.63 bits per heavy atom. The maximum absolute atomic E-state index is 17.3. The highest BCUT2D eigenvalue weighted by Gasteiger charge is 2.45. The zero-order valence-corrected chi connectivity index (χ0v) is 48.4. The number of aliphatic hydroxyl groups is 1. The molecule has 0 spiro atoms. The lowest BCUT2D eigenvalue weighted by molar-refractivity contribution is -0.141. The van der Waals surface area contributed by atoms with E-state index in [2.05, 4.69) is 53.4 Å². The molecule has 2 amide bonds. The molecule has 6 atom stereocenters. The van der Waals surface area contributed by atoms with E-state index in [9.17, 15) is 19.8 Å². The van der Waals surface area contributed by atoms with Crippen molar-refractivity contribution in [2.45, 2.75) is 116 Å². The highest BCUT2D eigenvalue weighted by molar-refractivity contribution is 7.13. The molecule has 0 aliphatic carbocycles. The number of amides is 2. The number of piperazine rings is 1. The quantitative estimate of drug-likeness (QED) is 0.0717. The van der Waals surface area contributed by atoms with Crippen molar-refractivity contribution in [3.8, 4) is 27.4 Å². The Labute approximate surface area is 482 Å². The lowest BCUT2D eigenvalue weighted by Crippen LogP contribution is -2.54. The van der Waals surface area contributed by atoms with Crippen LogP contribution in [-0.4, -0.2) is 147 Å². The van der Waals surface area contributed by atoms with E-state index in [0.29, 0.717) is 52.5 Å². The minimum absolute atomic E-state index is 0.0683. The first-order valence-electron chi connectivity index (χ1n) is 29.8. The third-order valence-electron chi connectivity index (χ3n) is 18.7. The fourth-order valence-corrected chi connectivity index (χ4v) is 15.0. The van der Waals surface area contributed by atoms with Crippen LogP contribution < -0.4 is 25.3 Å². The lowest BCUT2D eigenvalue weighted by Gasteiger charge is -2.45. The molecule has 4 N–H and O–H groups in total. The number of aliphatic hydroxyl groups excluding tert-OH is 1. The fourth-order valence-electron chi connectivity index (χ4n) is 14.2. The van der Waals surface area contributed by atoms with Crippen LogP contribution in [0.15, 0.2) is 76.9 Å². The van der Waals surface area contributed by atoms with Crippen LogP contribution in [-0.2, 0) is 16.0 Å². The molecular formula is C63H75FN12O5S. The number of carbonyl (C=O) groups is 2. The number of thiazole rings is 1. The molecule has 6 aliphatic heterocycles. The topological polar surface area (TPSA) is 192 Å². The van der Waals surface area contributed by atoms with Crippen LogP contribution in [0, 0.1) is 36.4 Å². The summed E-state index contributed by atoms with van der Waals surface area (Å²) in [7, 11) is 0. The summed E-state index contributed by atoms with van der Waals surface area (Å²) >= 11 is 1.60. The first kappa shape index (κ1) is 54.4. The number of phenolic OH excluding ortho intramolecular Hbond substituents is 1. The Kier molecular flexibility index (Phi) is 14.9. The number of aryl methyl sites for hydroxylation is 2. The summed E-state index contributed by atoms with van der Waals surface area (Å²) in [6.07, 6.45) is 7.58. The molecule has 7 aromatic rings. The third kappa shape index (κ3) is 10.5. The molecule has 3 aromatic carbocycles. The molecule has 0 radical (unpaired) electrons. The van der Waals surface area contributed by atoms with E-state index in [4.69, 9.17) is 19.5 Å². The van der Waals surface area contributed by atoms with E-state index in [1.165, 1.54) is 11.3 Å². The van der Waals surface area contributed by atoms with Crippen molar-refractivity contribution in [2.75, 3.05) is 80.1 Å². The summed E-state index contributed by atoms with van der Waals surface area (Å²) in [6.45, 7) is 18.2. The van der Waals surface area contributed by atoms with Crippen molar-refractivity contribution in [1.82, 2.24) is 45.5 Å². The van der Waals surface area contributed by atoms with Crippen LogP contribution in [0.4, 0.5) is 22.0 Å². The molecule has 6 aliphatic rings. The van der Waals surface area contributed by atoms with Crippen LogP contribution in [0.3, 0.4) is 0 Å². The third-order valence-corrected chi connectivity index (χ3v) is 19.6. The van der Waals surface area contributed by atoms with Gasteiger partial charge in [-0.1, -0.05) is 68.4 Å². The number of benzene rings is 3. The van der Waals surface area contributed by atoms with Crippen molar-refractivity contribution in [2.24, 2.45) is 23.7 Å². The van der Waals surface area contributed by atoms with Gasteiger partial charge in [0, 0.05) is 94.6 Å². The van der Waals surface area contributed by atoms with Gasteiger partial charge in [-0.25, -0.2) is 14.4 Å². The van der Waals surface area contributed by atoms with Crippen molar-refractivity contribution in [1.29, 1.82) is 0 Å². The molecule has 13 rings (SSSR count). The molecule has 0 saturated carbocycles. The van der Waals surface area contributed by atoms with Crippen LogP contribution in [0.1, 0.15) is 101 Å². The monoisotopic (exact) mass is 1130 g/mol. The number of hydrogen-bond acceptors (Lipinski definition) is 16. The van der Waals surface area contributed by atoms with Crippen molar-refractivity contribution in [3.05, 3.63) is 101 Å². The lowest BCUT2D eigenvalue weighted by atomic mass is 9.83. The smallest absolute Gasteiger partial charge is 0.243 e. The summed E-state index contributed by atoms with van der Waals surface area (Å²) in [5, 5.41) is 35.3. The number of nitrogens with one attached hydrogen (secondary N) is 2. The van der Waals surface area contributed by atoms with E-state index >= 15 is 4.39 Å². The van der Waals surface area contributed by atoms with E-state index in [1.54, 1.807) is 29.7 Å². The first-order valence-corrected chi connectivity index (χ1v) is 30.7. The number of fused-ring (bicyclic) bond motifs is 4. The van der Waals surface area contributed by atoms with Crippen molar-refractivity contribution in [3.63, 3.8) is 0 Å². The number of anilines is 3. The van der Waals surface area contributed by atoms with E-state index in [0.717, 1.165) is 141 Å². The number of likely N-dealkylation sites (tertiary alicyclic amines) is 2. The Morgan fingerprint density at radius 1 is 0.878 bits per heavy atom. The van der Waals surface area contributed by atoms with Gasteiger partial charge in [0.15, 0.2) is 17.4 Å². The number of nitrogens with zero attached hydrogens (tertiary/aromatic N) is 10. The van der Waals surface area contributed by atoms with E-state index < -0.39 is 23.9 Å². The standard InChI is InChI=1S/C63H75FN12O5S/c1-6-41-8-7-9-44-21-47(77)22-49(55(41)44)57-56(64)58-50(25-65-57)60(74-31-45-14-15-46(32-74)68-45)70-63(69-58)75-29-40(30-75)26-72-18-16-38(17-19-72)20-39-27-73(28-39)53-24-52(81-71-53)54(35(2)3)62(80)76-33-48(78)23-51(76)61(79)67-36(4)42-10-12-43(13-11-42)59-37(5)66-34-82-59/h7-13,21-22,24-25,34-36,38-40,45-46,48,51,54,68,77-78H,6,14-20,23,26-33H2,1-5H3,(H,67,79)/t36-,45?,46?,48+,51-,54-/m0/s1. The molecule has 2 unspecified atom stereocenters. The minimum atomic E-state index is -0.808. The van der Waals surface area contributed by atoms with Gasteiger partial charge in [-0.2, -0.15) is 4.98 Å². The summed E-state index contributed by atoms with van der Waals surface area (Å²) < 4.78 is 23.2. The van der Waals surface area contributed by atoms with Crippen LogP contribution in [0.5, 0.6) is 5.75 Å². The average molecular weight is 1130 g/mol. The molecule has 17 nitrogen and oxygen atoms in total. The van der Waals surface area contributed by atoms with Gasteiger partial charge in [0.05, 0.1) is 33.6 Å². The number of β-amino-alcohol motifs (C(OH)–C–C–N with tert-alkyl or cyclic N) is 1. The van der Waals surface area contributed by atoms with Gasteiger partial charge < -0.3 is 49.9 Å². The fraction of sp³-hybridized carbons (Fsp3) is 0.508. The predicted molar refractivity (Wildman–Crippen MR) is 318 cm³/mol. The van der Waals surface area contributed by atoms with Gasteiger partial charge in [-0.05, 0) is 123 Å². The second kappa shape index (κ2) is 22.4. The van der Waals surface area contributed by atoms with Gasteiger partial charge in [0.2, 0.25) is 17.8 Å². The Balaban J connectivity index is 0.602. The van der Waals surface area contributed by atoms with Gasteiger partial charge in [0.1, 0.15) is 34.7 Å². The van der Waals surface area contributed by atoms with Gasteiger partial charge in [-0.3, -0.25) is 14.6 Å². The summed E-state index contributed by atoms with van der Waals surface area (Å²) in [5.41, 5.74) is 6.93. The maximum Gasteiger partial charge on any atom is 0.243 e. The van der Waals surface area contributed by atoms with E-state index in [-0.39, 0.29) is 53.7 Å². The molecule has 19 heteroatoms. The van der Waals surface area contributed by atoms with E-state index in [1.807, 2.05) is 75.7 Å². The molecule has 2 bridgehead atoms. The number of aromatic hydroxyl groups is 1. The number of carbonyl (C=O) groups excluding carboxylic acids is 2. The molecule has 4 aromatic heterocycles. The molecule has 6 fully saturated rings. The zero-order valence-electron chi connectivity index (χ0n) is 47.6. The number of hydrogen-bond donors (Lipinski definition) is 4. The number of phenols is 1. The van der Waals surface area contributed by atoms with Gasteiger partial charge >= 0.3 is 0 Å². The van der Waals surface area contributed by atoms with Crippen molar-refractivity contribution >= 4 is 62.4 Å². The molecule has 430 valence electrons. The molecule has 6 saturated heterocycles. The van der Waals surface area contributed by atoms with Gasteiger partial charge in [-0.15, -0.1) is 11.3 Å². The second-order valence-corrected chi connectivity index (χ2v) is 25.6. The largest absolute Gasteiger partial charge is 0.508 e. The van der Waals surface area contributed by atoms with Crippen LogP contribution in [0.25, 0.3) is 43.4 Å². The van der Waals surface area contributed by atoms with Crippen LogP contribution >= 0.6 is 11.3 Å². The maximum atomic E-state index is 17.3. The highest BCUT2D eigenvalue weighted by Crippen LogP contribution is 2.41. The molecule has 10 heterocycles. The summed E-state index contributed by atoms with van der Waals surface area (Å²) in [4.78, 5) is 59.6. The predicted octanol–water partition coefficient (Wildman–Crippen LogP) is 8.87. The number of piperidine rings is 1. The first-order chi connectivity index (χ1) is 39.7. The Bertz CT molecular complexity index is 3490. The SMILES string of the molecule is CCc1cccc2cc(O)cc(-c3ncc4c(N5CC6CCC(C5)N6)nc(N5CC(CN6CCC(CC7CN(c8cc([C@@H](C(=O)N9C[C@H](O)C[C@H]9C(=O)N[C@@H](C)c9ccc(-c%10scnc%10C)cc9)C(C)C)on8)C7)CC6)C5)nc4c3F)c12. The summed E-state index contributed by atoms with van der Waals surface area (Å²) in [5.74, 6) is 2.44. The Hall–Kier alpha value is -6.80. The zero-order chi connectivity index (χ0) is 56.5. The van der Waals surface area contributed by atoms with Crippen LogP contribution in [0.2, 0.25) is 0 Å². The van der Waals surface area contributed by atoms with Crippen molar-refractivity contribution < 1.29 is 28.7 Å². The number of pyridine rings is 1.